The first-order valence-electron chi connectivity index (χ1n) is 6.40. The Labute approximate surface area is 114 Å². The van der Waals surface area contributed by atoms with Crippen molar-refractivity contribution in [1.82, 2.24) is 0 Å². The highest BCUT2D eigenvalue weighted by Gasteiger charge is 2.69. The minimum atomic E-state index is -3.29. The van der Waals surface area contributed by atoms with Crippen LogP contribution in [0, 0.1) is 5.41 Å². The molecule has 2 N–H and O–H groups in total. The van der Waals surface area contributed by atoms with E-state index in [0.717, 1.165) is 18.2 Å². The third-order valence-corrected chi connectivity index (χ3v) is 5.84. The van der Waals surface area contributed by atoms with Gasteiger partial charge in [0.05, 0.1) is 18.5 Å². The largest absolute Gasteiger partial charge is 0.396 e. The van der Waals surface area contributed by atoms with E-state index in [1.165, 1.54) is 5.56 Å². The number of aliphatic hydroxyl groups excluding tert-OH is 2. The lowest BCUT2D eigenvalue weighted by Gasteiger charge is -2.10. The summed E-state index contributed by atoms with van der Waals surface area (Å²) in [5.41, 5.74) is 1.12. The second kappa shape index (κ2) is 4.89. The predicted molar refractivity (Wildman–Crippen MR) is 73.8 cm³/mol. The van der Waals surface area contributed by atoms with Gasteiger partial charge in [-0.3, -0.25) is 0 Å². The van der Waals surface area contributed by atoms with Gasteiger partial charge in [0.25, 0.3) is 0 Å². The normalized spacial score (nSPS) is 25.3. The molecular weight excluding hydrogens is 264 g/mol. The Bertz CT molecular complexity index is 543. The molecule has 5 heteroatoms. The molecule has 0 aromatic heterocycles. The third kappa shape index (κ3) is 2.30. The van der Waals surface area contributed by atoms with Crippen molar-refractivity contribution in [2.24, 2.45) is 5.41 Å². The van der Waals surface area contributed by atoms with E-state index in [-0.39, 0.29) is 19.1 Å². The Morgan fingerprint density at radius 2 is 1.68 bits per heavy atom. The lowest BCUT2D eigenvalue weighted by Crippen LogP contribution is -2.22. The van der Waals surface area contributed by atoms with E-state index in [9.17, 15) is 18.6 Å². The van der Waals surface area contributed by atoms with E-state index in [1.54, 1.807) is 0 Å². The maximum atomic E-state index is 11.8. The van der Waals surface area contributed by atoms with E-state index in [1.807, 2.05) is 24.3 Å². The smallest absolute Gasteiger partial charge is 0.151 e. The molecule has 2 rings (SSSR count). The van der Waals surface area contributed by atoms with Crippen LogP contribution in [0.15, 0.2) is 24.3 Å². The van der Waals surface area contributed by atoms with Crippen LogP contribution in [0.2, 0.25) is 0 Å². The summed E-state index contributed by atoms with van der Waals surface area (Å²) in [5.74, 6) is -0.316. The summed E-state index contributed by atoms with van der Waals surface area (Å²) in [6, 6.07) is 7.72. The van der Waals surface area contributed by atoms with Crippen molar-refractivity contribution in [2.75, 3.05) is 19.5 Å². The first-order chi connectivity index (χ1) is 8.90. The molecule has 0 unspecified atom stereocenters. The molecule has 0 saturated heterocycles. The molecule has 1 aliphatic rings. The summed E-state index contributed by atoms with van der Waals surface area (Å²) < 4.78 is 23.6. The summed E-state index contributed by atoms with van der Waals surface area (Å²) in [6.07, 6.45) is 2.09. The molecule has 0 bridgehead atoms. The summed E-state index contributed by atoms with van der Waals surface area (Å²) in [5, 5.41) is 18.3. The van der Waals surface area contributed by atoms with Crippen LogP contribution < -0.4 is 0 Å². The van der Waals surface area contributed by atoms with Gasteiger partial charge in [0.15, 0.2) is 9.84 Å². The van der Waals surface area contributed by atoms with Crippen molar-refractivity contribution >= 4 is 9.84 Å². The highest BCUT2D eigenvalue weighted by molar-refractivity contribution is 7.91. The quantitative estimate of drug-likeness (QED) is 0.836. The number of benzene rings is 1. The SMILES string of the molecule is CCc1ccc([C@@H]2[C@@H](S(C)(=O)=O)C2(CO)CO)cc1. The van der Waals surface area contributed by atoms with Gasteiger partial charge < -0.3 is 10.2 Å². The molecule has 2 atom stereocenters. The Kier molecular flexibility index (Phi) is 3.73. The van der Waals surface area contributed by atoms with Crippen molar-refractivity contribution in [3.63, 3.8) is 0 Å². The van der Waals surface area contributed by atoms with Crippen LogP contribution in [0.5, 0.6) is 0 Å². The molecule has 1 fully saturated rings. The molecule has 0 aliphatic heterocycles. The average Bonchev–Trinajstić information content (AvgIpc) is 3.09. The molecule has 0 heterocycles. The molecule has 1 aromatic carbocycles. The molecule has 0 spiro atoms. The van der Waals surface area contributed by atoms with Crippen LogP contribution in [0.4, 0.5) is 0 Å². The Balaban J connectivity index is 2.37. The van der Waals surface area contributed by atoms with E-state index in [0.29, 0.717) is 0 Å². The van der Waals surface area contributed by atoms with Crippen LogP contribution >= 0.6 is 0 Å². The number of aliphatic hydroxyl groups is 2. The third-order valence-electron chi connectivity index (χ3n) is 4.18. The maximum Gasteiger partial charge on any atom is 0.151 e. The van der Waals surface area contributed by atoms with Crippen molar-refractivity contribution in [3.8, 4) is 0 Å². The molecule has 106 valence electrons. The number of hydrogen-bond donors (Lipinski definition) is 2. The zero-order valence-corrected chi connectivity index (χ0v) is 12.0. The summed E-state index contributed by atoms with van der Waals surface area (Å²) >= 11 is 0. The number of sulfone groups is 1. The van der Waals surface area contributed by atoms with Gasteiger partial charge in [-0.2, -0.15) is 0 Å². The van der Waals surface area contributed by atoms with E-state index >= 15 is 0 Å². The van der Waals surface area contributed by atoms with Gasteiger partial charge in [-0.1, -0.05) is 31.2 Å². The Hall–Kier alpha value is -0.910. The number of hydrogen-bond acceptors (Lipinski definition) is 4. The molecule has 4 nitrogen and oxygen atoms in total. The number of aryl methyl sites for hydroxylation is 1. The fourth-order valence-corrected chi connectivity index (χ4v) is 5.01. The molecule has 1 saturated carbocycles. The average molecular weight is 284 g/mol. The van der Waals surface area contributed by atoms with Crippen LogP contribution in [0.25, 0.3) is 0 Å². The standard InChI is InChI=1S/C14H20O4S/c1-3-10-4-6-11(7-5-10)12-13(19(2,17)18)14(12,8-15)9-16/h4-7,12-13,15-16H,3,8-9H2,1-2H3/t12-,13-/m1/s1. The molecule has 19 heavy (non-hydrogen) atoms. The molecule has 0 radical (unpaired) electrons. The van der Waals surface area contributed by atoms with Gasteiger partial charge in [-0.15, -0.1) is 0 Å². The highest BCUT2D eigenvalue weighted by atomic mass is 32.2. The molecule has 0 amide bonds. The van der Waals surface area contributed by atoms with Gasteiger partial charge in [0, 0.05) is 17.6 Å². The van der Waals surface area contributed by atoms with Crippen LogP contribution in [0.1, 0.15) is 24.0 Å². The fraction of sp³-hybridized carbons (Fsp3) is 0.571. The lowest BCUT2D eigenvalue weighted by atomic mass is 9.99. The van der Waals surface area contributed by atoms with Gasteiger partial charge in [-0.05, 0) is 17.5 Å². The van der Waals surface area contributed by atoms with E-state index < -0.39 is 20.5 Å². The van der Waals surface area contributed by atoms with Crippen LogP contribution in [0.3, 0.4) is 0 Å². The minimum absolute atomic E-state index is 0.316. The van der Waals surface area contributed by atoms with Crippen molar-refractivity contribution < 1.29 is 18.6 Å². The van der Waals surface area contributed by atoms with E-state index in [4.69, 9.17) is 0 Å². The Morgan fingerprint density at radius 1 is 1.16 bits per heavy atom. The van der Waals surface area contributed by atoms with Crippen LogP contribution in [-0.4, -0.2) is 43.4 Å². The maximum absolute atomic E-state index is 11.8. The fourth-order valence-electron chi connectivity index (χ4n) is 3.02. The molecular formula is C14H20O4S. The topological polar surface area (TPSA) is 74.6 Å². The molecule has 1 aliphatic carbocycles. The van der Waals surface area contributed by atoms with Crippen molar-refractivity contribution in [3.05, 3.63) is 35.4 Å². The first-order valence-corrected chi connectivity index (χ1v) is 8.35. The monoisotopic (exact) mass is 284 g/mol. The first kappa shape index (κ1) is 14.5. The zero-order chi connectivity index (χ0) is 14.3. The highest BCUT2D eigenvalue weighted by Crippen LogP contribution is 2.62. The molecule has 1 aromatic rings. The van der Waals surface area contributed by atoms with E-state index in [2.05, 4.69) is 6.92 Å². The number of rotatable bonds is 5. The van der Waals surface area contributed by atoms with Gasteiger partial charge in [0.2, 0.25) is 0 Å². The minimum Gasteiger partial charge on any atom is -0.396 e. The van der Waals surface area contributed by atoms with Gasteiger partial charge in [0.1, 0.15) is 0 Å². The van der Waals surface area contributed by atoms with Crippen molar-refractivity contribution in [1.29, 1.82) is 0 Å². The van der Waals surface area contributed by atoms with Crippen LogP contribution in [-0.2, 0) is 16.3 Å². The lowest BCUT2D eigenvalue weighted by molar-refractivity contribution is 0.130. The zero-order valence-electron chi connectivity index (χ0n) is 11.2. The second-order valence-electron chi connectivity index (χ2n) is 5.37. The van der Waals surface area contributed by atoms with Gasteiger partial charge in [-0.25, -0.2) is 8.42 Å². The second-order valence-corrected chi connectivity index (χ2v) is 7.54. The summed E-state index contributed by atoms with van der Waals surface area (Å²) in [7, 11) is -3.29. The van der Waals surface area contributed by atoms with Crippen molar-refractivity contribution in [2.45, 2.75) is 24.5 Å². The summed E-state index contributed by atoms with van der Waals surface area (Å²) in [4.78, 5) is 0. The summed E-state index contributed by atoms with van der Waals surface area (Å²) in [6.45, 7) is 1.42. The Morgan fingerprint density at radius 3 is 2.00 bits per heavy atom. The van der Waals surface area contributed by atoms with Gasteiger partial charge >= 0.3 is 0 Å². The predicted octanol–water partition coefficient (Wildman–Crippen LogP) is 0.730.